The Bertz CT molecular complexity index is 723. The molecule has 4 heteroatoms. The molecule has 6 aliphatic rings. The van der Waals surface area contributed by atoms with E-state index in [-0.39, 0.29) is 17.7 Å². The molecule has 1 aliphatic carbocycles. The minimum atomic E-state index is -0.319. The van der Waals surface area contributed by atoms with Crippen molar-refractivity contribution in [1.29, 1.82) is 0 Å². The van der Waals surface area contributed by atoms with E-state index in [9.17, 15) is 10.2 Å². The summed E-state index contributed by atoms with van der Waals surface area (Å²) in [7, 11) is 2.19. The van der Waals surface area contributed by atoms with Crippen LogP contribution in [-0.4, -0.2) is 52.6 Å². The largest absolute Gasteiger partial charge is 0.392 e. The first kappa shape index (κ1) is 14.1. The average Bonchev–Trinajstić information content (AvgIpc) is 2.97. The fraction of sp³-hybridized carbons (Fsp3) is 0.700. The third kappa shape index (κ3) is 1.20. The van der Waals surface area contributed by atoms with E-state index in [1.165, 1.54) is 11.3 Å². The standard InChI is InChI=1S/C20H26N2O2/c1-3-10-11-8-14-17-20(12-6-4-5-7-13(12)21(17)2)9-15(16(11)18(20)23)22(14)19(10)24/h4-7,10-11,14-19,23-24H,3,8-9H2,1-2H3/t10-,11+,14+,15+,16+,17-,18-,19+,20-/m1/s1. The van der Waals surface area contributed by atoms with Crippen molar-refractivity contribution >= 4 is 5.69 Å². The Morgan fingerprint density at radius 3 is 2.79 bits per heavy atom. The van der Waals surface area contributed by atoms with Crippen LogP contribution in [-0.2, 0) is 5.41 Å². The fourth-order valence-corrected chi connectivity index (χ4v) is 7.88. The van der Waals surface area contributed by atoms with Crippen LogP contribution in [0.25, 0.3) is 0 Å². The van der Waals surface area contributed by atoms with E-state index in [2.05, 4.69) is 48.0 Å². The van der Waals surface area contributed by atoms with E-state index < -0.39 is 0 Å². The number of para-hydroxylation sites is 1. The van der Waals surface area contributed by atoms with Crippen molar-refractivity contribution in [3.8, 4) is 0 Å². The minimum absolute atomic E-state index is 0.126. The number of hydrogen-bond donors (Lipinski definition) is 2. The highest BCUT2D eigenvalue weighted by atomic mass is 16.3. The van der Waals surface area contributed by atoms with E-state index in [1.54, 1.807) is 0 Å². The monoisotopic (exact) mass is 326 g/mol. The normalized spacial score (nSPS) is 55.8. The van der Waals surface area contributed by atoms with Gasteiger partial charge in [0, 0.05) is 42.1 Å². The molecule has 7 rings (SSSR count). The van der Waals surface area contributed by atoms with Crippen LogP contribution in [0.2, 0.25) is 0 Å². The summed E-state index contributed by atoms with van der Waals surface area (Å²) in [6, 6.07) is 9.70. The van der Waals surface area contributed by atoms with Gasteiger partial charge >= 0.3 is 0 Å². The molecule has 128 valence electrons. The van der Waals surface area contributed by atoms with E-state index in [0.29, 0.717) is 35.9 Å². The molecule has 2 N–H and O–H groups in total. The maximum atomic E-state index is 11.6. The third-order valence-corrected chi connectivity index (χ3v) is 8.46. The number of fused-ring (bicyclic) bond motifs is 2. The van der Waals surface area contributed by atoms with Gasteiger partial charge in [-0.15, -0.1) is 0 Å². The SMILES string of the molecule is CC[C@@H]1[C@@H]2C[C@H]3[C@H]4N(C)c5ccccc5[C@]45C[C@@H]([C@H]2[C@H]5O)N3[C@H]1O. The Hall–Kier alpha value is -1.10. The number of likely N-dealkylation sites (N-methyl/N-ethyl adjacent to an activating group) is 1. The Morgan fingerprint density at radius 2 is 2.00 bits per heavy atom. The lowest BCUT2D eigenvalue weighted by Crippen LogP contribution is -2.72. The Balaban J connectivity index is 1.60. The van der Waals surface area contributed by atoms with Gasteiger partial charge in [0.05, 0.1) is 12.1 Å². The maximum Gasteiger partial charge on any atom is 0.111 e. The second-order valence-electron chi connectivity index (χ2n) is 8.81. The van der Waals surface area contributed by atoms with Crippen molar-refractivity contribution < 1.29 is 10.2 Å². The quantitative estimate of drug-likeness (QED) is 0.822. The molecule has 5 bridgehead atoms. The molecule has 5 aliphatic heterocycles. The molecule has 4 nitrogen and oxygen atoms in total. The summed E-state index contributed by atoms with van der Waals surface area (Å²) >= 11 is 0. The van der Waals surface area contributed by atoms with Gasteiger partial charge in [0.2, 0.25) is 0 Å². The van der Waals surface area contributed by atoms with Gasteiger partial charge in [-0.1, -0.05) is 25.1 Å². The number of anilines is 1. The zero-order chi connectivity index (χ0) is 16.4. The van der Waals surface area contributed by atoms with Crippen LogP contribution in [0.4, 0.5) is 5.69 Å². The van der Waals surface area contributed by atoms with Crippen LogP contribution < -0.4 is 4.90 Å². The smallest absolute Gasteiger partial charge is 0.111 e. The van der Waals surface area contributed by atoms with E-state index in [0.717, 1.165) is 19.3 Å². The molecule has 1 aromatic rings. The number of rotatable bonds is 1. The van der Waals surface area contributed by atoms with Gasteiger partial charge in [-0.3, -0.25) is 4.90 Å². The lowest BCUT2D eigenvalue weighted by atomic mass is 9.62. The second kappa shape index (κ2) is 4.17. The molecule has 5 heterocycles. The lowest BCUT2D eigenvalue weighted by Gasteiger charge is -2.62. The Labute approximate surface area is 143 Å². The predicted molar refractivity (Wildman–Crippen MR) is 91.7 cm³/mol. The summed E-state index contributed by atoms with van der Waals surface area (Å²) < 4.78 is 0. The van der Waals surface area contributed by atoms with Gasteiger partial charge in [0.1, 0.15) is 6.23 Å². The summed E-state index contributed by atoms with van der Waals surface area (Å²) in [6.07, 6.45) is 2.56. The van der Waals surface area contributed by atoms with Gasteiger partial charge in [-0.25, -0.2) is 0 Å². The van der Waals surface area contributed by atoms with E-state index >= 15 is 0 Å². The molecule has 1 unspecified atom stereocenters. The van der Waals surface area contributed by atoms with Crippen LogP contribution in [0.1, 0.15) is 31.7 Å². The number of aliphatic hydroxyl groups is 2. The van der Waals surface area contributed by atoms with Gasteiger partial charge in [-0.2, -0.15) is 0 Å². The fourth-order valence-electron chi connectivity index (χ4n) is 7.88. The van der Waals surface area contributed by atoms with Gasteiger partial charge in [-0.05, 0) is 36.8 Å². The Kier molecular flexibility index (Phi) is 2.45. The predicted octanol–water partition coefficient (Wildman–Crippen LogP) is 1.55. The summed E-state index contributed by atoms with van der Waals surface area (Å²) in [5.41, 5.74) is 2.51. The van der Waals surface area contributed by atoms with Crippen molar-refractivity contribution in [3.63, 3.8) is 0 Å². The molecule has 1 aromatic carbocycles. The highest BCUT2D eigenvalue weighted by Crippen LogP contribution is 2.68. The summed E-state index contributed by atoms with van der Waals surface area (Å²) in [4.78, 5) is 4.83. The van der Waals surface area contributed by atoms with E-state index in [4.69, 9.17) is 0 Å². The van der Waals surface area contributed by atoms with Crippen LogP contribution in [0, 0.1) is 17.8 Å². The number of piperidine rings is 4. The van der Waals surface area contributed by atoms with Gasteiger partial charge in [0.15, 0.2) is 0 Å². The second-order valence-corrected chi connectivity index (χ2v) is 8.81. The molecule has 0 amide bonds. The molecule has 1 saturated carbocycles. The van der Waals surface area contributed by atoms with Crippen molar-refractivity contribution in [2.24, 2.45) is 17.8 Å². The number of nitrogens with zero attached hydrogens (tertiary/aromatic N) is 2. The first-order valence-corrected chi connectivity index (χ1v) is 9.57. The Morgan fingerprint density at radius 1 is 1.21 bits per heavy atom. The van der Waals surface area contributed by atoms with Crippen molar-refractivity contribution in [3.05, 3.63) is 29.8 Å². The summed E-state index contributed by atoms with van der Waals surface area (Å²) in [5, 5.41) is 22.6. The third-order valence-electron chi connectivity index (χ3n) is 8.46. The van der Waals surface area contributed by atoms with Crippen LogP contribution in [0.15, 0.2) is 24.3 Å². The molecular weight excluding hydrogens is 300 g/mol. The molecule has 0 aromatic heterocycles. The first-order chi connectivity index (χ1) is 11.6. The lowest BCUT2D eigenvalue weighted by molar-refractivity contribution is -0.211. The summed E-state index contributed by atoms with van der Waals surface area (Å²) in [5.74, 6) is 1.14. The molecule has 0 radical (unpaired) electrons. The number of hydrogen-bond acceptors (Lipinski definition) is 4. The highest BCUT2D eigenvalue weighted by molar-refractivity contribution is 5.67. The van der Waals surface area contributed by atoms with Gasteiger partial charge in [0.25, 0.3) is 0 Å². The maximum absolute atomic E-state index is 11.6. The number of aliphatic hydroxyl groups excluding tert-OH is 2. The number of benzene rings is 1. The zero-order valence-corrected chi connectivity index (χ0v) is 14.3. The first-order valence-electron chi connectivity index (χ1n) is 9.57. The van der Waals surface area contributed by atoms with Crippen molar-refractivity contribution in [2.75, 3.05) is 11.9 Å². The van der Waals surface area contributed by atoms with Crippen LogP contribution in [0.3, 0.4) is 0 Å². The molecule has 5 fully saturated rings. The molecular formula is C20H26N2O2. The average molecular weight is 326 g/mol. The highest BCUT2D eigenvalue weighted by Gasteiger charge is 2.76. The molecule has 24 heavy (non-hydrogen) atoms. The minimum Gasteiger partial charge on any atom is -0.392 e. The molecule has 1 spiro atoms. The van der Waals surface area contributed by atoms with Crippen molar-refractivity contribution in [1.82, 2.24) is 4.90 Å². The van der Waals surface area contributed by atoms with Crippen molar-refractivity contribution in [2.45, 2.75) is 62.1 Å². The molecule has 4 saturated heterocycles. The molecule has 10 atom stereocenters. The van der Waals surface area contributed by atoms with Gasteiger partial charge < -0.3 is 15.1 Å². The van der Waals surface area contributed by atoms with Crippen LogP contribution in [0.5, 0.6) is 0 Å². The summed E-state index contributed by atoms with van der Waals surface area (Å²) in [6.45, 7) is 2.19. The van der Waals surface area contributed by atoms with E-state index in [1.807, 2.05) is 0 Å². The zero-order valence-electron chi connectivity index (χ0n) is 14.3. The topological polar surface area (TPSA) is 46.9 Å². The van der Waals surface area contributed by atoms with Crippen LogP contribution >= 0.6 is 0 Å².